The summed E-state index contributed by atoms with van der Waals surface area (Å²) in [5, 5.41) is 8.73. The zero-order valence-corrected chi connectivity index (χ0v) is 11.5. The number of hydrogen-bond acceptors (Lipinski definition) is 2. The number of rotatable bonds is 2. The van der Waals surface area contributed by atoms with Gasteiger partial charge in [0, 0.05) is 22.1 Å². The molecule has 1 aromatic heterocycles. The van der Waals surface area contributed by atoms with Crippen LogP contribution in [0.25, 0.3) is 11.4 Å². The molecule has 0 saturated heterocycles. The fourth-order valence-electron chi connectivity index (χ4n) is 1.41. The summed E-state index contributed by atoms with van der Waals surface area (Å²) >= 11 is 15.1. The Balaban J connectivity index is 2.54. The van der Waals surface area contributed by atoms with Crippen molar-refractivity contribution >= 4 is 39.1 Å². The molecule has 0 atom stereocenters. The van der Waals surface area contributed by atoms with Crippen LogP contribution in [-0.2, 0) is 12.9 Å². The highest BCUT2D eigenvalue weighted by atomic mass is 79.9. The molecule has 0 radical (unpaired) electrons. The fraction of sp³-hybridized carbons (Fsp3) is 0.200. The molecule has 3 nitrogen and oxygen atoms in total. The molecular weight excluding hydrogens is 313 g/mol. The van der Waals surface area contributed by atoms with E-state index in [0.717, 1.165) is 21.7 Å². The van der Waals surface area contributed by atoms with E-state index in [1.165, 1.54) is 0 Å². The van der Waals surface area contributed by atoms with Gasteiger partial charge in [-0.3, -0.25) is 0 Å². The van der Waals surface area contributed by atoms with E-state index in [1.807, 2.05) is 29.8 Å². The van der Waals surface area contributed by atoms with E-state index in [4.69, 9.17) is 23.2 Å². The summed E-state index contributed by atoms with van der Waals surface area (Å²) in [6.07, 6.45) is 0. The maximum Gasteiger partial charge on any atom is 0.163 e. The molecule has 0 fully saturated rings. The Bertz CT molecular complexity index is 505. The minimum absolute atomic E-state index is 0.339. The van der Waals surface area contributed by atoms with Crippen LogP contribution < -0.4 is 0 Å². The van der Waals surface area contributed by atoms with Crippen LogP contribution >= 0.6 is 39.1 Å². The summed E-state index contributed by atoms with van der Waals surface area (Å²) in [5.41, 5.74) is 0.908. The number of nitrogens with zero attached hydrogens (tertiary/aromatic N) is 3. The molecule has 0 bridgehead atoms. The Morgan fingerprint density at radius 3 is 2.62 bits per heavy atom. The summed E-state index contributed by atoms with van der Waals surface area (Å²) in [4.78, 5) is 0. The average molecular weight is 321 g/mol. The van der Waals surface area contributed by atoms with E-state index in [0.29, 0.717) is 10.9 Å². The lowest BCUT2D eigenvalue weighted by Crippen LogP contribution is -1.97. The summed E-state index contributed by atoms with van der Waals surface area (Å²) < 4.78 is 2.76. The Kier molecular flexibility index (Phi) is 3.52. The predicted octanol–water partition coefficient (Wildman–Crippen LogP) is 3.64. The van der Waals surface area contributed by atoms with Gasteiger partial charge < -0.3 is 4.57 Å². The molecule has 0 aliphatic rings. The highest BCUT2D eigenvalue weighted by Crippen LogP contribution is 2.26. The van der Waals surface area contributed by atoms with E-state index in [9.17, 15) is 0 Å². The van der Waals surface area contributed by atoms with Crippen molar-refractivity contribution in [3.05, 3.63) is 33.5 Å². The largest absolute Gasteiger partial charge is 0.313 e. The summed E-state index contributed by atoms with van der Waals surface area (Å²) in [6, 6.07) is 5.60. The van der Waals surface area contributed by atoms with Crippen molar-refractivity contribution in [2.45, 2.75) is 5.88 Å². The molecule has 16 heavy (non-hydrogen) atoms. The van der Waals surface area contributed by atoms with Crippen LogP contribution in [-0.4, -0.2) is 14.8 Å². The molecule has 2 aromatic rings. The van der Waals surface area contributed by atoms with Crippen molar-refractivity contribution in [2.24, 2.45) is 7.05 Å². The number of hydrogen-bond donors (Lipinski definition) is 0. The van der Waals surface area contributed by atoms with Crippen molar-refractivity contribution in [3.63, 3.8) is 0 Å². The number of aromatic nitrogens is 3. The molecule has 0 amide bonds. The van der Waals surface area contributed by atoms with Crippen molar-refractivity contribution < 1.29 is 0 Å². The minimum atomic E-state index is 0.339. The first-order valence-electron chi connectivity index (χ1n) is 4.52. The Hall–Kier alpha value is -0.580. The monoisotopic (exact) mass is 319 g/mol. The van der Waals surface area contributed by atoms with Crippen molar-refractivity contribution in [1.29, 1.82) is 0 Å². The van der Waals surface area contributed by atoms with Gasteiger partial charge in [0.25, 0.3) is 0 Å². The number of halogens is 3. The first-order chi connectivity index (χ1) is 7.61. The van der Waals surface area contributed by atoms with Gasteiger partial charge in [-0.25, -0.2) is 0 Å². The second-order valence-electron chi connectivity index (χ2n) is 3.29. The van der Waals surface area contributed by atoms with Crippen molar-refractivity contribution in [3.8, 4) is 11.4 Å². The molecule has 0 spiro atoms. The van der Waals surface area contributed by atoms with Crippen LogP contribution in [0.5, 0.6) is 0 Å². The smallest absolute Gasteiger partial charge is 0.163 e. The van der Waals surface area contributed by atoms with E-state index in [1.54, 1.807) is 0 Å². The molecule has 2 rings (SSSR count). The Labute approximate surface area is 112 Å². The lowest BCUT2D eigenvalue weighted by Gasteiger charge is -2.03. The van der Waals surface area contributed by atoms with Gasteiger partial charge in [0.15, 0.2) is 5.82 Å². The minimum Gasteiger partial charge on any atom is -0.313 e. The van der Waals surface area contributed by atoms with Gasteiger partial charge in [-0.1, -0.05) is 27.5 Å². The van der Waals surface area contributed by atoms with Crippen LogP contribution in [0.2, 0.25) is 5.02 Å². The quantitative estimate of drug-likeness (QED) is 0.791. The highest BCUT2D eigenvalue weighted by Gasteiger charge is 2.10. The van der Waals surface area contributed by atoms with Gasteiger partial charge >= 0.3 is 0 Å². The highest BCUT2D eigenvalue weighted by molar-refractivity contribution is 9.10. The molecule has 0 aliphatic heterocycles. The van der Waals surface area contributed by atoms with Crippen LogP contribution in [0.1, 0.15) is 5.82 Å². The third-order valence-corrected chi connectivity index (χ3v) is 3.12. The Morgan fingerprint density at radius 2 is 2.06 bits per heavy atom. The zero-order valence-electron chi connectivity index (χ0n) is 8.41. The molecule has 0 unspecified atom stereocenters. The lowest BCUT2D eigenvalue weighted by atomic mass is 10.2. The summed E-state index contributed by atoms with van der Waals surface area (Å²) in [6.45, 7) is 0. The maximum absolute atomic E-state index is 5.98. The summed E-state index contributed by atoms with van der Waals surface area (Å²) in [7, 11) is 1.88. The molecule has 1 heterocycles. The first-order valence-corrected chi connectivity index (χ1v) is 6.23. The standard InChI is InChI=1S/C10H8BrCl2N3/c1-16-9(5-12)14-15-10(16)6-2-7(11)4-8(13)3-6/h2-4H,5H2,1H3. The summed E-state index contributed by atoms with van der Waals surface area (Å²) in [5.74, 6) is 1.82. The van der Waals surface area contributed by atoms with Crippen LogP contribution in [0.15, 0.2) is 22.7 Å². The fourth-order valence-corrected chi connectivity index (χ4v) is 2.51. The normalized spacial score (nSPS) is 10.8. The maximum atomic E-state index is 5.98. The van der Waals surface area contributed by atoms with Gasteiger partial charge in [0.05, 0.1) is 5.88 Å². The van der Waals surface area contributed by atoms with E-state index >= 15 is 0 Å². The van der Waals surface area contributed by atoms with Crippen molar-refractivity contribution in [1.82, 2.24) is 14.8 Å². The third-order valence-electron chi connectivity index (χ3n) is 2.21. The van der Waals surface area contributed by atoms with Gasteiger partial charge in [-0.2, -0.15) is 0 Å². The van der Waals surface area contributed by atoms with Crippen LogP contribution in [0.4, 0.5) is 0 Å². The topological polar surface area (TPSA) is 30.7 Å². The molecular formula is C10H8BrCl2N3. The second-order valence-corrected chi connectivity index (χ2v) is 4.91. The molecule has 6 heteroatoms. The van der Waals surface area contributed by atoms with Gasteiger partial charge in [-0.05, 0) is 18.2 Å². The number of benzene rings is 1. The van der Waals surface area contributed by atoms with Crippen LogP contribution in [0, 0.1) is 0 Å². The SMILES string of the molecule is Cn1c(CCl)nnc1-c1cc(Cl)cc(Br)c1. The molecule has 84 valence electrons. The van der Waals surface area contributed by atoms with Gasteiger partial charge in [0.1, 0.15) is 5.82 Å². The molecule has 0 aliphatic carbocycles. The number of alkyl halides is 1. The molecule has 1 aromatic carbocycles. The van der Waals surface area contributed by atoms with Gasteiger partial charge in [-0.15, -0.1) is 21.8 Å². The molecule has 0 saturated carbocycles. The van der Waals surface area contributed by atoms with Gasteiger partial charge in [0.2, 0.25) is 0 Å². The zero-order chi connectivity index (χ0) is 11.7. The second kappa shape index (κ2) is 4.73. The van der Waals surface area contributed by atoms with Crippen molar-refractivity contribution in [2.75, 3.05) is 0 Å². The van der Waals surface area contributed by atoms with E-state index in [-0.39, 0.29) is 0 Å². The first kappa shape index (κ1) is 11.9. The third kappa shape index (κ3) is 2.24. The Morgan fingerprint density at radius 1 is 1.31 bits per heavy atom. The predicted molar refractivity (Wildman–Crippen MR) is 68.7 cm³/mol. The molecule has 0 N–H and O–H groups in total. The van der Waals surface area contributed by atoms with Crippen LogP contribution in [0.3, 0.4) is 0 Å². The lowest BCUT2D eigenvalue weighted by molar-refractivity contribution is 0.853. The van der Waals surface area contributed by atoms with E-state index < -0.39 is 0 Å². The van der Waals surface area contributed by atoms with E-state index in [2.05, 4.69) is 26.1 Å². The average Bonchev–Trinajstić information content (AvgIpc) is 2.58.